The summed E-state index contributed by atoms with van der Waals surface area (Å²) in [7, 11) is 0. The minimum Gasteiger partial charge on any atom is -0.455 e. The number of para-hydroxylation sites is 3. The van der Waals surface area contributed by atoms with Crippen LogP contribution < -0.4 is 4.57 Å². The fourth-order valence-electron chi connectivity index (χ4n) is 6.67. The summed E-state index contributed by atoms with van der Waals surface area (Å²) in [5.41, 5.74) is 13.1. The molecule has 182 valence electrons. The molecular formula is C35H27N2O+. The second-order valence-electron chi connectivity index (χ2n) is 10.5. The van der Waals surface area contributed by atoms with Crippen LogP contribution in [0.2, 0.25) is 0 Å². The maximum Gasteiger partial charge on any atom is 0.299 e. The van der Waals surface area contributed by atoms with E-state index >= 15 is 0 Å². The molecule has 7 aromatic rings. The highest BCUT2D eigenvalue weighted by Crippen LogP contribution is 2.46. The molecule has 3 heterocycles. The average Bonchev–Trinajstić information content (AvgIpc) is 3.57. The van der Waals surface area contributed by atoms with Crippen molar-refractivity contribution in [2.45, 2.75) is 26.8 Å². The number of aryl methyl sites for hydroxylation is 2. The number of rotatable bonds is 2. The third kappa shape index (κ3) is 2.76. The van der Waals surface area contributed by atoms with Crippen molar-refractivity contribution in [2.75, 3.05) is 0 Å². The molecule has 3 nitrogen and oxygen atoms in total. The van der Waals surface area contributed by atoms with E-state index in [0.717, 1.165) is 11.2 Å². The smallest absolute Gasteiger partial charge is 0.299 e. The first-order chi connectivity index (χ1) is 18.6. The predicted molar refractivity (Wildman–Crippen MR) is 155 cm³/mol. The van der Waals surface area contributed by atoms with E-state index in [1.165, 1.54) is 66.7 Å². The van der Waals surface area contributed by atoms with Crippen molar-refractivity contribution in [3.63, 3.8) is 0 Å². The van der Waals surface area contributed by atoms with Gasteiger partial charge in [0.25, 0.3) is 5.82 Å². The molecule has 0 bridgehead atoms. The second-order valence-corrected chi connectivity index (χ2v) is 10.5. The summed E-state index contributed by atoms with van der Waals surface area (Å²) in [6.07, 6.45) is 0. The Hall–Kier alpha value is -4.63. The first kappa shape index (κ1) is 21.5. The van der Waals surface area contributed by atoms with Gasteiger partial charge in [-0.05, 0) is 73.4 Å². The van der Waals surface area contributed by atoms with Gasteiger partial charge in [-0.25, -0.2) is 4.57 Å². The number of furan rings is 1. The van der Waals surface area contributed by atoms with Gasteiger partial charge in [0.05, 0.1) is 0 Å². The van der Waals surface area contributed by atoms with E-state index in [-0.39, 0.29) is 6.04 Å². The molecule has 0 saturated heterocycles. The summed E-state index contributed by atoms with van der Waals surface area (Å²) in [5.74, 6) is 1.19. The Morgan fingerprint density at radius 1 is 0.711 bits per heavy atom. The number of hydrogen-bond donors (Lipinski definition) is 0. The molecular weight excluding hydrogens is 464 g/mol. The number of benzene rings is 5. The number of hydrogen-bond acceptors (Lipinski definition) is 1. The van der Waals surface area contributed by atoms with Gasteiger partial charge >= 0.3 is 0 Å². The molecule has 3 heteroatoms. The molecule has 1 aliphatic rings. The van der Waals surface area contributed by atoms with Gasteiger partial charge in [0.15, 0.2) is 16.6 Å². The molecule has 5 aromatic carbocycles. The van der Waals surface area contributed by atoms with Gasteiger partial charge in [-0.15, -0.1) is 0 Å². The van der Waals surface area contributed by atoms with Crippen LogP contribution in [0.15, 0.2) is 108 Å². The zero-order chi connectivity index (χ0) is 25.5. The highest BCUT2D eigenvalue weighted by atomic mass is 16.3. The Labute approximate surface area is 221 Å². The van der Waals surface area contributed by atoms with E-state index in [1.807, 2.05) is 6.07 Å². The first-order valence-electron chi connectivity index (χ1n) is 13.3. The lowest BCUT2D eigenvalue weighted by molar-refractivity contribution is -0.669. The zero-order valence-corrected chi connectivity index (χ0v) is 21.7. The van der Waals surface area contributed by atoms with Gasteiger partial charge in [-0.2, -0.15) is 4.57 Å². The number of fused-ring (bicyclic) bond motifs is 9. The summed E-state index contributed by atoms with van der Waals surface area (Å²) in [5, 5.41) is 2.34. The molecule has 38 heavy (non-hydrogen) atoms. The molecule has 0 amide bonds. The molecule has 8 rings (SSSR count). The Bertz CT molecular complexity index is 2040. The molecule has 0 aliphatic carbocycles. The lowest BCUT2D eigenvalue weighted by atomic mass is 9.98. The summed E-state index contributed by atoms with van der Waals surface area (Å²) < 4.78 is 11.6. The standard InChI is InChI=1S/C35H27N2O/c1-21-19-25(24-11-5-4-6-12-24)20-22(2)33(21)37-30-15-9-8-14-29(30)36-23(3)26-17-18-28-27-13-7-10-16-31(27)38-34(28)32(26)35(36)37/h4-20,23H,1-3H3/q+1. The molecule has 1 atom stereocenters. The molecule has 0 fully saturated rings. The Morgan fingerprint density at radius 3 is 2.24 bits per heavy atom. The van der Waals surface area contributed by atoms with Gasteiger partial charge in [-0.1, -0.05) is 72.8 Å². The second kappa shape index (κ2) is 7.69. The van der Waals surface area contributed by atoms with Crippen LogP contribution in [0, 0.1) is 13.8 Å². The van der Waals surface area contributed by atoms with Crippen molar-refractivity contribution in [1.29, 1.82) is 0 Å². The van der Waals surface area contributed by atoms with Crippen molar-refractivity contribution in [3.05, 3.63) is 120 Å². The highest BCUT2D eigenvalue weighted by molar-refractivity contribution is 6.10. The predicted octanol–water partition coefficient (Wildman–Crippen LogP) is 8.69. The quantitative estimate of drug-likeness (QED) is 0.222. The summed E-state index contributed by atoms with van der Waals surface area (Å²) in [6, 6.07) is 37.2. The fraction of sp³-hybridized carbons (Fsp3) is 0.114. The van der Waals surface area contributed by atoms with Crippen molar-refractivity contribution in [2.24, 2.45) is 0 Å². The molecule has 0 spiro atoms. The van der Waals surface area contributed by atoms with Gasteiger partial charge in [-0.3, -0.25) is 0 Å². The molecule has 0 N–H and O–H groups in total. The number of nitrogens with zero attached hydrogens (tertiary/aromatic N) is 2. The van der Waals surface area contributed by atoms with Crippen LogP contribution in [-0.4, -0.2) is 4.57 Å². The van der Waals surface area contributed by atoms with E-state index in [0.29, 0.717) is 0 Å². The SMILES string of the molecule is Cc1cc(-c2ccccc2)cc(C)c1-n1c2[n+](c3ccccc31)C(C)c1ccc3c(oc4ccccc43)c1-2. The number of aromatic nitrogens is 2. The van der Waals surface area contributed by atoms with Gasteiger partial charge in [0, 0.05) is 16.3 Å². The largest absolute Gasteiger partial charge is 0.455 e. The highest BCUT2D eigenvalue weighted by Gasteiger charge is 2.42. The molecule has 0 saturated carbocycles. The third-order valence-corrected chi connectivity index (χ3v) is 8.28. The van der Waals surface area contributed by atoms with Crippen LogP contribution in [0.1, 0.15) is 29.7 Å². The molecule has 1 aliphatic heterocycles. The topological polar surface area (TPSA) is 21.9 Å². The van der Waals surface area contributed by atoms with Crippen LogP contribution in [0.3, 0.4) is 0 Å². The molecule has 0 radical (unpaired) electrons. The molecule has 2 aromatic heterocycles. The first-order valence-corrected chi connectivity index (χ1v) is 13.3. The normalized spacial score (nSPS) is 14.4. The zero-order valence-electron chi connectivity index (χ0n) is 21.7. The van der Waals surface area contributed by atoms with Crippen LogP contribution in [-0.2, 0) is 0 Å². The van der Waals surface area contributed by atoms with E-state index in [4.69, 9.17) is 4.42 Å². The maximum absolute atomic E-state index is 6.60. The monoisotopic (exact) mass is 491 g/mol. The van der Waals surface area contributed by atoms with Crippen molar-refractivity contribution in [3.8, 4) is 28.2 Å². The third-order valence-electron chi connectivity index (χ3n) is 8.28. The fourth-order valence-corrected chi connectivity index (χ4v) is 6.67. The summed E-state index contributed by atoms with van der Waals surface area (Å²) >= 11 is 0. The maximum atomic E-state index is 6.60. The van der Waals surface area contributed by atoms with E-state index in [9.17, 15) is 0 Å². The lowest BCUT2D eigenvalue weighted by Gasteiger charge is -2.12. The van der Waals surface area contributed by atoms with Crippen LogP contribution >= 0.6 is 0 Å². The van der Waals surface area contributed by atoms with Crippen LogP contribution in [0.25, 0.3) is 61.2 Å². The summed E-state index contributed by atoms with van der Waals surface area (Å²) in [6.45, 7) is 6.78. The number of imidazole rings is 1. The van der Waals surface area contributed by atoms with Gasteiger partial charge in [0.1, 0.15) is 22.9 Å². The summed E-state index contributed by atoms with van der Waals surface area (Å²) in [4.78, 5) is 0. The van der Waals surface area contributed by atoms with Crippen LogP contribution in [0.4, 0.5) is 0 Å². The van der Waals surface area contributed by atoms with Crippen LogP contribution in [0.5, 0.6) is 0 Å². The van der Waals surface area contributed by atoms with Gasteiger partial charge in [0.2, 0.25) is 0 Å². The minimum absolute atomic E-state index is 0.202. The Morgan fingerprint density at radius 2 is 1.42 bits per heavy atom. The Balaban J connectivity index is 1.49. The van der Waals surface area contributed by atoms with E-state index in [1.54, 1.807) is 0 Å². The van der Waals surface area contributed by atoms with Crippen molar-refractivity contribution < 1.29 is 8.98 Å². The van der Waals surface area contributed by atoms with E-state index < -0.39 is 0 Å². The van der Waals surface area contributed by atoms with Crippen molar-refractivity contribution >= 4 is 33.0 Å². The van der Waals surface area contributed by atoms with E-state index in [2.05, 4.69) is 127 Å². The lowest BCUT2D eigenvalue weighted by Crippen LogP contribution is -2.35. The van der Waals surface area contributed by atoms with Crippen molar-refractivity contribution in [1.82, 2.24) is 4.57 Å². The average molecular weight is 492 g/mol. The Kier molecular flexibility index (Phi) is 4.34. The molecule has 1 unspecified atom stereocenters. The van der Waals surface area contributed by atoms with Gasteiger partial charge < -0.3 is 4.42 Å². The minimum atomic E-state index is 0.202.